The average Bonchev–Trinajstić information content (AvgIpc) is 2.47. The van der Waals surface area contributed by atoms with Gasteiger partial charge >= 0.3 is 0 Å². The summed E-state index contributed by atoms with van der Waals surface area (Å²) in [6, 6.07) is 3.73. The SMILES string of the molecule is CCS(=O)(=O)C1CSCCN1CCc1ccc(N)cn1. The normalized spacial score (nSPS) is 20.9. The highest BCUT2D eigenvalue weighted by Crippen LogP contribution is 2.21. The van der Waals surface area contributed by atoms with E-state index in [0.717, 1.165) is 31.0 Å². The number of nitrogens with zero attached hydrogens (tertiary/aromatic N) is 2. The molecular formula is C13H21N3O2S2. The molecule has 1 atom stereocenters. The second-order valence-corrected chi connectivity index (χ2v) is 8.45. The Bertz CT molecular complexity index is 531. The Labute approximate surface area is 124 Å². The van der Waals surface area contributed by atoms with Crippen molar-refractivity contribution in [1.82, 2.24) is 9.88 Å². The third-order valence-corrected chi connectivity index (χ3v) is 6.84. The summed E-state index contributed by atoms with van der Waals surface area (Å²) in [6.07, 6.45) is 2.39. The summed E-state index contributed by atoms with van der Waals surface area (Å²) >= 11 is 1.72. The number of thioether (sulfide) groups is 1. The summed E-state index contributed by atoms with van der Waals surface area (Å²) in [5.41, 5.74) is 7.20. The van der Waals surface area contributed by atoms with E-state index in [0.29, 0.717) is 11.4 Å². The Morgan fingerprint density at radius 2 is 2.30 bits per heavy atom. The molecule has 112 valence electrons. The highest BCUT2D eigenvalue weighted by atomic mass is 32.2. The minimum absolute atomic E-state index is 0.203. The van der Waals surface area contributed by atoms with Crippen LogP contribution in [0.2, 0.25) is 0 Å². The third kappa shape index (κ3) is 3.86. The first-order valence-corrected chi connectivity index (χ1v) is 9.63. The van der Waals surface area contributed by atoms with Crippen LogP contribution in [0.1, 0.15) is 12.6 Å². The molecule has 1 aromatic rings. The third-order valence-electron chi connectivity index (χ3n) is 3.51. The van der Waals surface area contributed by atoms with E-state index in [1.54, 1.807) is 24.9 Å². The largest absolute Gasteiger partial charge is 0.397 e. The van der Waals surface area contributed by atoms with Crippen LogP contribution in [-0.4, -0.2) is 54.0 Å². The van der Waals surface area contributed by atoms with Gasteiger partial charge in [0, 0.05) is 42.5 Å². The first kappa shape index (κ1) is 15.6. The fourth-order valence-corrected chi connectivity index (χ4v) is 5.35. The van der Waals surface area contributed by atoms with E-state index in [-0.39, 0.29) is 11.1 Å². The summed E-state index contributed by atoms with van der Waals surface area (Å²) in [5.74, 6) is 1.87. The smallest absolute Gasteiger partial charge is 0.166 e. The van der Waals surface area contributed by atoms with Crippen molar-refractivity contribution in [2.24, 2.45) is 0 Å². The number of aromatic nitrogens is 1. The highest BCUT2D eigenvalue weighted by molar-refractivity contribution is 8.01. The van der Waals surface area contributed by atoms with Gasteiger partial charge in [-0.05, 0) is 12.1 Å². The first-order chi connectivity index (χ1) is 9.53. The number of rotatable bonds is 5. The van der Waals surface area contributed by atoms with Gasteiger partial charge in [-0.3, -0.25) is 9.88 Å². The van der Waals surface area contributed by atoms with Crippen molar-refractivity contribution in [3.8, 4) is 0 Å². The van der Waals surface area contributed by atoms with Gasteiger partial charge < -0.3 is 5.73 Å². The van der Waals surface area contributed by atoms with Crippen molar-refractivity contribution in [2.75, 3.05) is 36.1 Å². The summed E-state index contributed by atoms with van der Waals surface area (Å²) < 4.78 is 24.3. The van der Waals surface area contributed by atoms with Crippen LogP contribution >= 0.6 is 11.8 Å². The van der Waals surface area contributed by atoms with Crippen LogP contribution in [0.25, 0.3) is 0 Å². The average molecular weight is 315 g/mol. The van der Waals surface area contributed by atoms with E-state index in [1.807, 2.05) is 12.1 Å². The Hall–Kier alpha value is -0.790. The van der Waals surface area contributed by atoms with E-state index in [2.05, 4.69) is 9.88 Å². The molecule has 2 heterocycles. The van der Waals surface area contributed by atoms with Crippen LogP contribution in [0.3, 0.4) is 0 Å². The molecule has 0 saturated carbocycles. The zero-order valence-corrected chi connectivity index (χ0v) is 13.3. The van der Waals surface area contributed by atoms with Crippen molar-refractivity contribution in [3.63, 3.8) is 0 Å². The zero-order chi connectivity index (χ0) is 14.6. The molecule has 1 unspecified atom stereocenters. The topological polar surface area (TPSA) is 76.3 Å². The molecule has 2 N–H and O–H groups in total. The minimum Gasteiger partial charge on any atom is -0.397 e. The summed E-state index contributed by atoms with van der Waals surface area (Å²) in [5, 5.41) is -0.347. The second-order valence-electron chi connectivity index (χ2n) is 4.85. The lowest BCUT2D eigenvalue weighted by Crippen LogP contribution is -2.48. The molecule has 0 aromatic carbocycles. The molecule has 0 radical (unpaired) electrons. The van der Waals surface area contributed by atoms with Crippen molar-refractivity contribution < 1.29 is 8.42 Å². The monoisotopic (exact) mass is 315 g/mol. The number of pyridine rings is 1. The van der Waals surface area contributed by atoms with Crippen molar-refractivity contribution in [2.45, 2.75) is 18.7 Å². The molecule has 0 spiro atoms. The molecule has 1 saturated heterocycles. The Morgan fingerprint density at radius 1 is 1.50 bits per heavy atom. The lowest BCUT2D eigenvalue weighted by molar-refractivity contribution is 0.272. The van der Waals surface area contributed by atoms with Gasteiger partial charge in [0.2, 0.25) is 0 Å². The maximum Gasteiger partial charge on any atom is 0.166 e. The van der Waals surface area contributed by atoms with Crippen molar-refractivity contribution in [1.29, 1.82) is 0 Å². The molecular weight excluding hydrogens is 294 g/mol. The van der Waals surface area contributed by atoms with Gasteiger partial charge in [-0.25, -0.2) is 8.42 Å². The summed E-state index contributed by atoms with van der Waals surface area (Å²) in [4.78, 5) is 6.34. The number of anilines is 1. The van der Waals surface area contributed by atoms with Gasteiger partial charge in [-0.1, -0.05) is 6.92 Å². The summed E-state index contributed by atoms with van der Waals surface area (Å²) in [7, 11) is -3.02. The van der Waals surface area contributed by atoms with Gasteiger partial charge in [0.05, 0.1) is 11.9 Å². The molecule has 20 heavy (non-hydrogen) atoms. The molecule has 0 amide bonds. The molecule has 1 aliphatic heterocycles. The molecule has 0 aliphatic carbocycles. The Morgan fingerprint density at radius 3 is 2.95 bits per heavy atom. The van der Waals surface area contributed by atoms with E-state index in [9.17, 15) is 8.42 Å². The van der Waals surface area contributed by atoms with E-state index < -0.39 is 9.84 Å². The Balaban J connectivity index is 2.00. The Kier molecular flexibility index (Phi) is 5.29. The predicted octanol–water partition coefficient (Wildman–Crippen LogP) is 1.02. The van der Waals surface area contributed by atoms with E-state index in [4.69, 9.17) is 5.73 Å². The number of sulfone groups is 1. The lowest BCUT2D eigenvalue weighted by atomic mass is 10.2. The highest BCUT2D eigenvalue weighted by Gasteiger charge is 2.32. The van der Waals surface area contributed by atoms with Gasteiger partial charge in [-0.15, -0.1) is 0 Å². The van der Waals surface area contributed by atoms with Crippen LogP contribution < -0.4 is 5.73 Å². The first-order valence-electron chi connectivity index (χ1n) is 6.76. The zero-order valence-electron chi connectivity index (χ0n) is 11.7. The van der Waals surface area contributed by atoms with Crippen LogP contribution in [0, 0.1) is 0 Å². The summed E-state index contributed by atoms with van der Waals surface area (Å²) in [6.45, 7) is 3.26. The molecule has 1 fully saturated rings. The van der Waals surface area contributed by atoms with Crippen LogP contribution in [-0.2, 0) is 16.3 Å². The number of hydrogen-bond donors (Lipinski definition) is 1. The fourth-order valence-electron chi connectivity index (χ4n) is 2.24. The lowest BCUT2D eigenvalue weighted by Gasteiger charge is -2.34. The standard InChI is InChI=1S/C13H21N3O2S2/c1-2-20(17,18)13-10-19-8-7-16(13)6-5-12-4-3-11(14)9-15-12/h3-4,9,13H,2,5-8,10,14H2,1H3. The fraction of sp³-hybridized carbons (Fsp3) is 0.615. The number of nitrogens with two attached hydrogens (primary N) is 1. The second kappa shape index (κ2) is 6.78. The number of hydrogen-bond acceptors (Lipinski definition) is 6. The maximum absolute atomic E-state index is 12.1. The maximum atomic E-state index is 12.1. The minimum atomic E-state index is -3.02. The van der Waals surface area contributed by atoms with E-state index >= 15 is 0 Å². The van der Waals surface area contributed by atoms with Gasteiger partial charge in [0.25, 0.3) is 0 Å². The van der Waals surface area contributed by atoms with E-state index in [1.165, 1.54) is 0 Å². The molecule has 1 aliphatic rings. The molecule has 0 bridgehead atoms. The molecule has 1 aromatic heterocycles. The molecule has 2 rings (SSSR count). The van der Waals surface area contributed by atoms with Gasteiger partial charge in [-0.2, -0.15) is 11.8 Å². The van der Waals surface area contributed by atoms with Gasteiger partial charge in [0.15, 0.2) is 9.84 Å². The number of nitrogen functional groups attached to an aromatic ring is 1. The van der Waals surface area contributed by atoms with Crippen LogP contribution in [0.5, 0.6) is 0 Å². The molecule has 7 heteroatoms. The van der Waals surface area contributed by atoms with Crippen molar-refractivity contribution >= 4 is 27.3 Å². The predicted molar refractivity (Wildman–Crippen MR) is 84.5 cm³/mol. The van der Waals surface area contributed by atoms with Crippen LogP contribution in [0.4, 0.5) is 5.69 Å². The van der Waals surface area contributed by atoms with Gasteiger partial charge in [0.1, 0.15) is 5.37 Å². The van der Waals surface area contributed by atoms with Crippen molar-refractivity contribution in [3.05, 3.63) is 24.0 Å². The quantitative estimate of drug-likeness (QED) is 0.874. The van der Waals surface area contributed by atoms with Crippen LogP contribution in [0.15, 0.2) is 18.3 Å². The molecule has 5 nitrogen and oxygen atoms in total.